The van der Waals surface area contributed by atoms with Gasteiger partial charge in [0.25, 0.3) is 0 Å². The van der Waals surface area contributed by atoms with Gasteiger partial charge in [0.1, 0.15) is 6.04 Å². The quantitative estimate of drug-likeness (QED) is 0.679. The highest BCUT2D eigenvalue weighted by atomic mass is 32.2. The van der Waals surface area contributed by atoms with Gasteiger partial charge in [-0.1, -0.05) is 45.0 Å². The number of rotatable bonds is 7. The molecule has 0 spiro atoms. The maximum Gasteiger partial charge on any atom is 0.239 e. The summed E-state index contributed by atoms with van der Waals surface area (Å²) in [5.74, 6) is -0.444. The lowest BCUT2D eigenvalue weighted by Crippen LogP contribution is -2.56. The van der Waals surface area contributed by atoms with Crippen LogP contribution in [0, 0.1) is 12.3 Å². The number of carbonyl (C=O) groups excluding carboxylic acids is 1. The van der Waals surface area contributed by atoms with Crippen LogP contribution in [0.3, 0.4) is 0 Å². The molecule has 0 aliphatic rings. The molecule has 136 valence electrons. The third kappa shape index (κ3) is 6.59. The van der Waals surface area contributed by atoms with Crippen molar-refractivity contribution in [2.45, 2.75) is 46.2 Å². The lowest BCUT2D eigenvalue weighted by atomic mass is 9.86. The highest BCUT2D eigenvalue weighted by Gasteiger charge is 2.34. The van der Waals surface area contributed by atoms with Crippen molar-refractivity contribution < 1.29 is 18.3 Å². The van der Waals surface area contributed by atoms with Gasteiger partial charge in [-0.15, -0.1) is 0 Å². The molecule has 2 unspecified atom stereocenters. The Kier molecular flexibility index (Phi) is 6.95. The average molecular weight is 356 g/mol. The number of aryl methyl sites for hydroxylation is 1. The number of nitrogens with one attached hydrogen (secondary N) is 2. The van der Waals surface area contributed by atoms with Gasteiger partial charge in [0.05, 0.1) is 18.9 Å². The molecule has 0 heterocycles. The molecule has 0 aliphatic heterocycles. The van der Waals surface area contributed by atoms with Gasteiger partial charge in [0.15, 0.2) is 0 Å². The molecule has 0 radical (unpaired) electrons. The molecule has 0 aliphatic carbocycles. The van der Waals surface area contributed by atoms with Crippen LogP contribution in [-0.2, 0) is 21.2 Å². The van der Waals surface area contributed by atoms with Crippen molar-refractivity contribution in [2.75, 3.05) is 12.9 Å². The molecule has 7 heteroatoms. The van der Waals surface area contributed by atoms with Gasteiger partial charge in [0, 0.05) is 0 Å². The summed E-state index contributed by atoms with van der Waals surface area (Å²) in [7, 11) is -3.53. The normalized spacial score (nSPS) is 14.9. The van der Waals surface area contributed by atoms with Crippen LogP contribution in [0.5, 0.6) is 0 Å². The lowest BCUT2D eigenvalue weighted by Gasteiger charge is -2.31. The predicted molar refractivity (Wildman–Crippen MR) is 95.1 cm³/mol. The average Bonchev–Trinajstić information content (AvgIpc) is 2.44. The maximum absolute atomic E-state index is 12.6. The van der Waals surface area contributed by atoms with Crippen molar-refractivity contribution in [2.24, 2.45) is 5.41 Å². The van der Waals surface area contributed by atoms with E-state index in [9.17, 15) is 18.3 Å². The summed E-state index contributed by atoms with van der Waals surface area (Å²) < 4.78 is 25.5. The minimum absolute atomic E-state index is 0.226. The minimum atomic E-state index is -3.53. The van der Waals surface area contributed by atoms with Crippen LogP contribution in [0.25, 0.3) is 0 Å². The standard InChI is InChI=1S/C17H28N2O4S/c1-12-8-6-7-9-13(12)10-14(11-20)18-16(21)15(17(2,3)4)19-24(5,22)23/h6-9,14-15,19-20H,10-11H2,1-5H3,(H,18,21). The van der Waals surface area contributed by atoms with E-state index in [0.717, 1.165) is 17.4 Å². The molecule has 1 aromatic carbocycles. The molecule has 24 heavy (non-hydrogen) atoms. The highest BCUT2D eigenvalue weighted by Crippen LogP contribution is 2.20. The summed E-state index contributed by atoms with van der Waals surface area (Å²) in [6.45, 7) is 7.09. The summed E-state index contributed by atoms with van der Waals surface area (Å²) in [4.78, 5) is 12.6. The SMILES string of the molecule is Cc1ccccc1CC(CO)NC(=O)C(NS(C)(=O)=O)C(C)(C)C. The molecule has 3 N–H and O–H groups in total. The van der Waals surface area contributed by atoms with Crippen LogP contribution in [0.1, 0.15) is 31.9 Å². The Hall–Kier alpha value is -1.44. The molecular formula is C17H28N2O4S. The summed E-state index contributed by atoms with van der Waals surface area (Å²) in [6, 6.07) is 6.34. The van der Waals surface area contributed by atoms with Crippen LogP contribution >= 0.6 is 0 Å². The van der Waals surface area contributed by atoms with E-state index in [2.05, 4.69) is 10.0 Å². The zero-order valence-corrected chi connectivity index (χ0v) is 15.8. The Morgan fingerprint density at radius 1 is 1.25 bits per heavy atom. The van der Waals surface area contributed by atoms with Gasteiger partial charge < -0.3 is 10.4 Å². The number of aliphatic hydroxyl groups is 1. The minimum Gasteiger partial charge on any atom is -0.394 e. The number of sulfonamides is 1. The summed E-state index contributed by atoms with van der Waals surface area (Å²) in [6.07, 6.45) is 1.50. The fraction of sp³-hybridized carbons (Fsp3) is 0.588. The molecule has 0 fully saturated rings. The molecule has 1 aromatic rings. The van der Waals surface area contributed by atoms with Gasteiger partial charge in [-0.25, -0.2) is 13.1 Å². The Morgan fingerprint density at radius 3 is 2.29 bits per heavy atom. The topological polar surface area (TPSA) is 95.5 Å². The van der Waals surface area contributed by atoms with Gasteiger partial charge in [-0.3, -0.25) is 4.79 Å². The number of aliphatic hydroxyl groups excluding tert-OH is 1. The van der Waals surface area contributed by atoms with Crippen molar-refractivity contribution in [3.05, 3.63) is 35.4 Å². The van der Waals surface area contributed by atoms with Crippen molar-refractivity contribution >= 4 is 15.9 Å². The first-order chi connectivity index (χ1) is 10.9. The first-order valence-electron chi connectivity index (χ1n) is 7.87. The zero-order chi connectivity index (χ0) is 18.5. The smallest absolute Gasteiger partial charge is 0.239 e. The second kappa shape index (κ2) is 8.09. The Balaban J connectivity index is 2.89. The van der Waals surface area contributed by atoms with Gasteiger partial charge in [-0.2, -0.15) is 0 Å². The summed E-state index contributed by atoms with van der Waals surface area (Å²) >= 11 is 0. The van der Waals surface area contributed by atoms with E-state index >= 15 is 0 Å². The molecular weight excluding hydrogens is 328 g/mol. The molecule has 6 nitrogen and oxygen atoms in total. The fourth-order valence-corrected chi connectivity index (χ4v) is 3.28. The second-order valence-electron chi connectivity index (χ2n) is 7.21. The van der Waals surface area contributed by atoms with Crippen LogP contribution in [0.2, 0.25) is 0 Å². The molecule has 0 saturated heterocycles. The van der Waals surface area contributed by atoms with Crippen molar-refractivity contribution in [3.63, 3.8) is 0 Å². The molecule has 0 bridgehead atoms. The number of carbonyl (C=O) groups is 1. The zero-order valence-electron chi connectivity index (χ0n) is 15.0. The van der Waals surface area contributed by atoms with Crippen LogP contribution in [-0.4, -0.2) is 44.4 Å². The van der Waals surface area contributed by atoms with Gasteiger partial charge in [-0.05, 0) is 29.9 Å². The predicted octanol–water partition coefficient (Wildman–Crippen LogP) is 0.979. The monoisotopic (exact) mass is 356 g/mol. The number of benzene rings is 1. The van der Waals surface area contributed by atoms with E-state index < -0.39 is 33.4 Å². The van der Waals surface area contributed by atoms with Crippen molar-refractivity contribution in [1.29, 1.82) is 0 Å². The third-order valence-electron chi connectivity index (χ3n) is 3.75. The van der Waals surface area contributed by atoms with E-state index in [0.29, 0.717) is 6.42 Å². The molecule has 0 saturated carbocycles. The maximum atomic E-state index is 12.6. The van der Waals surface area contributed by atoms with E-state index in [1.165, 1.54) is 0 Å². The van der Waals surface area contributed by atoms with Crippen molar-refractivity contribution in [1.82, 2.24) is 10.0 Å². The molecule has 1 amide bonds. The van der Waals surface area contributed by atoms with Crippen LogP contribution < -0.4 is 10.0 Å². The Labute approximate surface area is 144 Å². The second-order valence-corrected chi connectivity index (χ2v) is 8.99. The van der Waals surface area contributed by atoms with E-state index in [4.69, 9.17) is 0 Å². The number of amides is 1. The first kappa shape index (κ1) is 20.6. The van der Waals surface area contributed by atoms with Crippen LogP contribution in [0.4, 0.5) is 0 Å². The lowest BCUT2D eigenvalue weighted by molar-refractivity contribution is -0.126. The molecule has 2 atom stereocenters. The Bertz CT molecular complexity index is 665. The first-order valence-corrected chi connectivity index (χ1v) is 9.76. The molecule has 0 aromatic heterocycles. The van der Waals surface area contributed by atoms with Crippen LogP contribution in [0.15, 0.2) is 24.3 Å². The number of hydrogen-bond acceptors (Lipinski definition) is 4. The fourth-order valence-electron chi connectivity index (χ4n) is 2.39. The Morgan fingerprint density at radius 2 is 1.83 bits per heavy atom. The highest BCUT2D eigenvalue weighted by molar-refractivity contribution is 7.88. The van der Waals surface area contributed by atoms with E-state index in [1.54, 1.807) is 20.8 Å². The van der Waals surface area contributed by atoms with Gasteiger partial charge >= 0.3 is 0 Å². The third-order valence-corrected chi connectivity index (χ3v) is 4.42. The van der Waals surface area contributed by atoms with Gasteiger partial charge in [0.2, 0.25) is 15.9 Å². The molecule has 1 rings (SSSR count). The van der Waals surface area contributed by atoms with E-state index in [-0.39, 0.29) is 6.61 Å². The number of hydrogen-bond donors (Lipinski definition) is 3. The van der Waals surface area contributed by atoms with E-state index in [1.807, 2.05) is 31.2 Å². The summed E-state index contributed by atoms with van der Waals surface area (Å²) in [5, 5.41) is 12.3. The largest absolute Gasteiger partial charge is 0.394 e. The van der Waals surface area contributed by atoms with Crippen molar-refractivity contribution in [3.8, 4) is 0 Å². The summed E-state index contributed by atoms with van der Waals surface area (Å²) in [5.41, 5.74) is 1.50.